The third kappa shape index (κ3) is 4.13. The standard InChI is InChI=1S/C17H27N3O/c1-4-12(2)20-17(18)19-11-14-7-5-6-13-10-15(21-3)8-9-16(13)14/h8-10,12,14H,4-7,11H2,1-3H3,(H3,18,19,20). The quantitative estimate of drug-likeness (QED) is 0.647. The second-order valence-electron chi connectivity index (χ2n) is 5.83. The first-order valence-electron chi connectivity index (χ1n) is 7.87. The number of nitrogens with one attached hydrogen (secondary N) is 1. The molecule has 4 nitrogen and oxygen atoms in total. The van der Waals surface area contributed by atoms with Gasteiger partial charge in [0.2, 0.25) is 0 Å². The van der Waals surface area contributed by atoms with Gasteiger partial charge in [-0.15, -0.1) is 0 Å². The monoisotopic (exact) mass is 289 g/mol. The van der Waals surface area contributed by atoms with Crippen LogP contribution < -0.4 is 15.8 Å². The molecule has 0 heterocycles. The molecule has 0 radical (unpaired) electrons. The normalized spacial score (nSPS) is 19.8. The topological polar surface area (TPSA) is 59.6 Å². The average Bonchev–Trinajstić information content (AvgIpc) is 2.51. The van der Waals surface area contributed by atoms with Crippen LogP contribution in [0.15, 0.2) is 23.2 Å². The lowest BCUT2D eigenvalue weighted by Gasteiger charge is -2.25. The van der Waals surface area contributed by atoms with Gasteiger partial charge < -0.3 is 15.8 Å². The van der Waals surface area contributed by atoms with Crippen molar-refractivity contribution in [3.8, 4) is 5.75 Å². The summed E-state index contributed by atoms with van der Waals surface area (Å²) in [5, 5.41) is 3.22. The van der Waals surface area contributed by atoms with Crippen molar-refractivity contribution in [2.75, 3.05) is 13.7 Å². The number of benzene rings is 1. The molecule has 0 saturated carbocycles. The predicted molar refractivity (Wildman–Crippen MR) is 88.1 cm³/mol. The molecule has 1 aromatic carbocycles. The first kappa shape index (κ1) is 15.7. The van der Waals surface area contributed by atoms with Gasteiger partial charge in [-0.05, 0) is 55.9 Å². The molecule has 2 rings (SSSR count). The molecule has 0 spiro atoms. The number of nitrogens with zero attached hydrogens (tertiary/aromatic N) is 1. The molecule has 0 bridgehead atoms. The van der Waals surface area contributed by atoms with E-state index in [-0.39, 0.29) is 0 Å². The number of aryl methyl sites for hydroxylation is 1. The van der Waals surface area contributed by atoms with Gasteiger partial charge in [-0.2, -0.15) is 0 Å². The molecule has 4 heteroatoms. The zero-order valence-electron chi connectivity index (χ0n) is 13.4. The van der Waals surface area contributed by atoms with Crippen LogP contribution in [0.5, 0.6) is 5.75 Å². The maximum absolute atomic E-state index is 5.95. The first-order valence-corrected chi connectivity index (χ1v) is 7.87. The Morgan fingerprint density at radius 2 is 2.33 bits per heavy atom. The summed E-state index contributed by atoms with van der Waals surface area (Å²) in [7, 11) is 1.72. The van der Waals surface area contributed by atoms with Gasteiger partial charge >= 0.3 is 0 Å². The molecule has 2 atom stereocenters. The van der Waals surface area contributed by atoms with Gasteiger partial charge in [0, 0.05) is 18.5 Å². The Kier molecular flexibility index (Phi) is 5.48. The molecule has 21 heavy (non-hydrogen) atoms. The number of fused-ring (bicyclic) bond motifs is 1. The molecule has 2 unspecified atom stereocenters. The van der Waals surface area contributed by atoms with Crippen molar-refractivity contribution in [2.45, 2.75) is 51.5 Å². The lowest BCUT2D eigenvalue weighted by atomic mass is 9.83. The minimum Gasteiger partial charge on any atom is -0.497 e. The molecule has 3 N–H and O–H groups in total. The van der Waals surface area contributed by atoms with Crippen molar-refractivity contribution in [1.29, 1.82) is 0 Å². The zero-order valence-corrected chi connectivity index (χ0v) is 13.4. The highest BCUT2D eigenvalue weighted by Crippen LogP contribution is 2.33. The summed E-state index contributed by atoms with van der Waals surface area (Å²) in [5.74, 6) is 1.97. The highest BCUT2D eigenvalue weighted by molar-refractivity contribution is 5.78. The molecule has 1 aliphatic rings. The predicted octanol–water partition coefficient (Wildman–Crippen LogP) is 2.82. The maximum atomic E-state index is 5.95. The zero-order chi connectivity index (χ0) is 15.2. The van der Waals surface area contributed by atoms with Crippen LogP contribution in [0.3, 0.4) is 0 Å². The smallest absolute Gasteiger partial charge is 0.188 e. The number of hydrogen-bond acceptors (Lipinski definition) is 2. The van der Waals surface area contributed by atoms with Gasteiger partial charge in [-0.1, -0.05) is 13.0 Å². The lowest BCUT2D eigenvalue weighted by molar-refractivity contribution is 0.413. The number of nitrogens with two attached hydrogens (primary N) is 1. The molecule has 1 aromatic rings. The van der Waals surface area contributed by atoms with Crippen molar-refractivity contribution in [3.63, 3.8) is 0 Å². The van der Waals surface area contributed by atoms with Crippen molar-refractivity contribution in [2.24, 2.45) is 10.7 Å². The van der Waals surface area contributed by atoms with E-state index in [0.29, 0.717) is 17.9 Å². The summed E-state index contributed by atoms with van der Waals surface area (Å²) in [6.45, 7) is 5.01. The van der Waals surface area contributed by atoms with Gasteiger partial charge in [0.05, 0.1) is 7.11 Å². The van der Waals surface area contributed by atoms with Crippen LogP contribution in [0.2, 0.25) is 0 Å². The van der Waals surface area contributed by atoms with E-state index in [9.17, 15) is 0 Å². The van der Waals surface area contributed by atoms with Crippen LogP contribution >= 0.6 is 0 Å². The van der Waals surface area contributed by atoms with Gasteiger partial charge in [0.15, 0.2) is 5.96 Å². The van der Waals surface area contributed by atoms with Gasteiger partial charge in [0.1, 0.15) is 5.75 Å². The second kappa shape index (κ2) is 7.34. The third-order valence-corrected chi connectivity index (χ3v) is 4.28. The Labute approximate surface area is 127 Å². The average molecular weight is 289 g/mol. The van der Waals surface area contributed by atoms with E-state index in [4.69, 9.17) is 10.5 Å². The molecule has 0 amide bonds. The Morgan fingerprint density at radius 1 is 1.52 bits per heavy atom. The van der Waals surface area contributed by atoms with E-state index in [2.05, 4.69) is 36.3 Å². The number of ether oxygens (including phenoxy) is 1. The summed E-state index contributed by atoms with van der Waals surface area (Å²) >= 11 is 0. The van der Waals surface area contributed by atoms with Gasteiger partial charge in [-0.25, -0.2) is 0 Å². The highest BCUT2D eigenvalue weighted by atomic mass is 16.5. The largest absolute Gasteiger partial charge is 0.497 e. The van der Waals surface area contributed by atoms with Crippen LogP contribution in [0.1, 0.15) is 50.2 Å². The van der Waals surface area contributed by atoms with E-state index in [1.807, 2.05) is 6.07 Å². The molecule has 0 aliphatic heterocycles. The van der Waals surface area contributed by atoms with Crippen LogP contribution in [0.25, 0.3) is 0 Å². The van der Waals surface area contributed by atoms with E-state index >= 15 is 0 Å². The SMILES string of the molecule is CCC(C)NC(N)=NCC1CCCc2cc(OC)ccc21. The Morgan fingerprint density at radius 3 is 3.05 bits per heavy atom. The molecule has 0 aromatic heterocycles. The summed E-state index contributed by atoms with van der Waals surface area (Å²) in [4.78, 5) is 4.53. The van der Waals surface area contributed by atoms with Crippen LogP contribution in [-0.4, -0.2) is 25.7 Å². The second-order valence-corrected chi connectivity index (χ2v) is 5.83. The number of rotatable bonds is 5. The summed E-state index contributed by atoms with van der Waals surface area (Å²) in [5.41, 5.74) is 8.75. The van der Waals surface area contributed by atoms with Crippen molar-refractivity contribution < 1.29 is 4.74 Å². The summed E-state index contributed by atoms with van der Waals surface area (Å²) in [6, 6.07) is 6.76. The number of aliphatic imine (C=N–C) groups is 1. The molecule has 0 fully saturated rings. The van der Waals surface area contributed by atoms with Crippen LogP contribution in [0.4, 0.5) is 0 Å². The van der Waals surface area contributed by atoms with Crippen molar-refractivity contribution >= 4 is 5.96 Å². The van der Waals surface area contributed by atoms with E-state index in [1.54, 1.807) is 7.11 Å². The minimum atomic E-state index is 0.372. The fourth-order valence-corrected chi connectivity index (χ4v) is 2.82. The first-order chi connectivity index (χ1) is 10.1. The fraction of sp³-hybridized carbons (Fsp3) is 0.588. The van der Waals surface area contributed by atoms with Crippen molar-refractivity contribution in [3.05, 3.63) is 29.3 Å². The van der Waals surface area contributed by atoms with Crippen LogP contribution in [-0.2, 0) is 6.42 Å². The molecular formula is C17H27N3O. The van der Waals surface area contributed by atoms with E-state index in [0.717, 1.165) is 25.1 Å². The van der Waals surface area contributed by atoms with Gasteiger partial charge in [-0.3, -0.25) is 4.99 Å². The Hall–Kier alpha value is -1.71. The Balaban J connectivity index is 2.05. The van der Waals surface area contributed by atoms with Gasteiger partial charge in [0.25, 0.3) is 0 Å². The molecule has 0 saturated heterocycles. The van der Waals surface area contributed by atoms with E-state index in [1.165, 1.54) is 24.0 Å². The number of hydrogen-bond donors (Lipinski definition) is 2. The molecular weight excluding hydrogens is 262 g/mol. The minimum absolute atomic E-state index is 0.372. The molecule has 116 valence electrons. The fourth-order valence-electron chi connectivity index (χ4n) is 2.82. The molecule has 1 aliphatic carbocycles. The van der Waals surface area contributed by atoms with Crippen LogP contribution in [0, 0.1) is 0 Å². The lowest BCUT2D eigenvalue weighted by Crippen LogP contribution is -2.38. The maximum Gasteiger partial charge on any atom is 0.188 e. The third-order valence-electron chi connectivity index (χ3n) is 4.28. The highest BCUT2D eigenvalue weighted by Gasteiger charge is 2.20. The summed E-state index contributed by atoms with van der Waals surface area (Å²) < 4.78 is 5.31. The number of guanidine groups is 1. The van der Waals surface area contributed by atoms with E-state index < -0.39 is 0 Å². The number of methoxy groups -OCH3 is 1. The van der Waals surface area contributed by atoms with Crippen molar-refractivity contribution in [1.82, 2.24) is 5.32 Å². The summed E-state index contributed by atoms with van der Waals surface area (Å²) in [6.07, 6.45) is 4.56. The Bertz CT molecular complexity index is 499.